The Morgan fingerprint density at radius 3 is 2.90 bits per heavy atom. The van der Waals surface area contributed by atoms with Crippen LogP contribution in [0.5, 0.6) is 0 Å². The van der Waals surface area contributed by atoms with Gasteiger partial charge in [-0.25, -0.2) is 0 Å². The van der Waals surface area contributed by atoms with E-state index in [0.29, 0.717) is 5.16 Å². The third-order valence-electron chi connectivity index (χ3n) is 1.30. The van der Waals surface area contributed by atoms with E-state index in [9.17, 15) is 0 Å². The van der Waals surface area contributed by atoms with Gasteiger partial charge in [-0.3, -0.25) is 0 Å². The molecule has 0 aromatic carbocycles. The van der Waals surface area contributed by atoms with Gasteiger partial charge in [0.2, 0.25) is 0 Å². The van der Waals surface area contributed by atoms with Crippen molar-refractivity contribution in [2.24, 2.45) is 10.2 Å². The van der Waals surface area contributed by atoms with Crippen molar-refractivity contribution in [3.05, 3.63) is 10.9 Å². The van der Waals surface area contributed by atoms with E-state index in [0.717, 1.165) is 12.2 Å². The predicted molar refractivity (Wildman–Crippen MR) is 38.8 cm³/mol. The van der Waals surface area contributed by atoms with Crippen LogP contribution in [0.2, 0.25) is 0 Å². The zero-order valence-electron chi connectivity index (χ0n) is 5.97. The van der Waals surface area contributed by atoms with E-state index in [2.05, 4.69) is 10.2 Å². The first-order valence-electron chi connectivity index (χ1n) is 3.07. The highest BCUT2D eigenvalue weighted by Gasteiger charge is 2.14. The maximum absolute atomic E-state index is 5.64. The summed E-state index contributed by atoms with van der Waals surface area (Å²) in [6.07, 6.45) is 0.749. The van der Waals surface area contributed by atoms with E-state index in [1.165, 1.54) is 0 Å². The summed E-state index contributed by atoms with van der Waals surface area (Å²) in [6, 6.07) is 0.192. The minimum Gasteiger partial charge on any atom is -0.498 e. The smallest absolute Gasteiger partial charge is 0.188 e. The number of halogens is 1. The molecule has 56 valence electrons. The van der Waals surface area contributed by atoms with Crippen LogP contribution in [-0.2, 0) is 4.74 Å². The van der Waals surface area contributed by atoms with E-state index < -0.39 is 0 Å². The van der Waals surface area contributed by atoms with Crippen LogP contribution in [-0.4, -0.2) is 13.2 Å². The molecule has 3 nitrogen and oxygen atoms in total. The molecule has 0 saturated carbocycles. The van der Waals surface area contributed by atoms with Crippen molar-refractivity contribution in [3.8, 4) is 0 Å². The van der Waals surface area contributed by atoms with Crippen LogP contribution in [0.15, 0.2) is 21.1 Å². The highest BCUT2D eigenvalue weighted by Crippen LogP contribution is 2.23. The van der Waals surface area contributed by atoms with Crippen molar-refractivity contribution in [1.82, 2.24) is 0 Å². The average Bonchev–Trinajstić information content (AvgIpc) is 1.94. The van der Waals surface area contributed by atoms with Gasteiger partial charge in [-0.2, -0.15) is 5.11 Å². The molecule has 0 fully saturated rings. The first kappa shape index (κ1) is 7.54. The van der Waals surface area contributed by atoms with Crippen LogP contribution in [0.4, 0.5) is 0 Å². The average molecular weight is 161 g/mol. The fraction of sp³-hybridized carbons (Fsp3) is 0.667. The van der Waals surface area contributed by atoms with E-state index in [4.69, 9.17) is 16.3 Å². The van der Waals surface area contributed by atoms with Crippen molar-refractivity contribution in [2.75, 3.05) is 7.11 Å². The quantitative estimate of drug-likeness (QED) is 0.542. The van der Waals surface area contributed by atoms with Crippen molar-refractivity contribution < 1.29 is 4.74 Å². The van der Waals surface area contributed by atoms with Crippen molar-refractivity contribution in [2.45, 2.75) is 19.4 Å². The van der Waals surface area contributed by atoms with Gasteiger partial charge >= 0.3 is 0 Å². The Morgan fingerprint density at radius 1 is 1.70 bits per heavy atom. The van der Waals surface area contributed by atoms with Gasteiger partial charge in [0, 0.05) is 6.42 Å². The van der Waals surface area contributed by atoms with E-state index in [-0.39, 0.29) is 6.04 Å². The molecule has 0 aliphatic carbocycles. The number of rotatable bonds is 1. The lowest BCUT2D eigenvalue weighted by Gasteiger charge is -2.12. The van der Waals surface area contributed by atoms with E-state index >= 15 is 0 Å². The molecule has 0 spiro atoms. The fourth-order valence-electron chi connectivity index (χ4n) is 0.766. The molecule has 1 aliphatic rings. The SMILES string of the molecule is COC1=C(Cl)N=N[C@@H](C)C1. The zero-order chi connectivity index (χ0) is 7.56. The minimum absolute atomic E-state index is 0.192. The van der Waals surface area contributed by atoms with Crippen molar-refractivity contribution in [3.63, 3.8) is 0 Å². The normalized spacial score (nSPS) is 25.3. The summed E-state index contributed by atoms with van der Waals surface area (Å²) in [4.78, 5) is 0. The Morgan fingerprint density at radius 2 is 2.40 bits per heavy atom. The molecule has 0 radical (unpaired) electrons. The largest absolute Gasteiger partial charge is 0.498 e. The van der Waals surface area contributed by atoms with Gasteiger partial charge in [-0.15, -0.1) is 5.11 Å². The molecule has 0 amide bonds. The summed E-state index contributed by atoms with van der Waals surface area (Å²) in [5.74, 6) is 0.726. The number of azo groups is 1. The lowest BCUT2D eigenvalue weighted by molar-refractivity contribution is 0.263. The van der Waals surface area contributed by atoms with E-state index in [1.54, 1.807) is 7.11 Å². The Hall–Kier alpha value is -0.570. The van der Waals surface area contributed by atoms with Gasteiger partial charge in [0.05, 0.1) is 13.2 Å². The Labute approximate surface area is 64.7 Å². The van der Waals surface area contributed by atoms with Gasteiger partial charge in [-0.1, -0.05) is 11.6 Å². The monoisotopic (exact) mass is 160 g/mol. The number of ether oxygens (including phenoxy) is 1. The fourth-order valence-corrected chi connectivity index (χ4v) is 0.964. The molecule has 1 rings (SSSR count). The van der Waals surface area contributed by atoms with Crippen LogP contribution >= 0.6 is 11.6 Å². The highest BCUT2D eigenvalue weighted by molar-refractivity contribution is 6.29. The molecule has 0 bridgehead atoms. The molecule has 0 aromatic rings. The maximum Gasteiger partial charge on any atom is 0.188 e. The summed E-state index contributed by atoms with van der Waals surface area (Å²) < 4.78 is 4.97. The van der Waals surface area contributed by atoms with Crippen LogP contribution in [0.3, 0.4) is 0 Å². The first-order valence-corrected chi connectivity index (χ1v) is 3.45. The number of nitrogens with zero attached hydrogens (tertiary/aromatic N) is 2. The summed E-state index contributed by atoms with van der Waals surface area (Å²) in [6.45, 7) is 1.96. The van der Waals surface area contributed by atoms with Gasteiger partial charge in [0.25, 0.3) is 0 Å². The Kier molecular flexibility index (Phi) is 2.27. The minimum atomic E-state index is 0.192. The molecule has 0 aromatic heterocycles. The third-order valence-corrected chi connectivity index (χ3v) is 1.59. The van der Waals surface area contributed by atoms with Crippen LogP contribution in [0.1, 0.15) is 13.3 Å². The molecule has 4 heteroatoms. The summed E-state index contributed by atoms with van der Waals surface area (Å²) >= 11 is 5.64. The van der Waals surface area contributed by atoms with E-state index in [1.807, 2.05) is 6.92 Å². The van der Waals surface area contributed by atoms with Crippen LogP contribution < -0.4 is 0 Å². The van der Waals surface area contributed by atoms with Gasteiger partial charge < -0.3 is 4.74 Å². The van der Waals surface area contributed by atoms with Crippen LogP contribution in [0.25, 0.3) is 0 Å². The second kappa shape index (κ2) is 3.01. The number of methoxy groups -OCH3 is 1. The molecular formula is C6H9ClN2O. The lowest BCUT2D eigenvalue weighted by atomic mass is 10.2. The second-order valence-corrected chi connectivity index (χ2v) is 2.54. The number of hydrogen-bond acceptors (Lipinski definition) is 3. The predicted octanol–water partition coefficient (Wildman–Crippen LogP) is 2.29. The molecule has 1 atom stereocenters. The molecule has 0 N–H and O–H groups in total. The molecule has 10 heavy (non-hydrogen) atoms. The zero-order valence-corrected chi connectivity index (χ0v) is 6.72. The lowest BCUT2D eigenvalue weighted by Crippen LogP contribution is -2.05. The number of hydrogen-bond donors (Lipinski definition) is 0. The summed E-state index contributed by atoms with van der Waals surface area (Å²) in [7, 11) is 1.59. The molecule has 0 saturated heterocycles. The van der Waals surface area contributed by atoms with Crippen LogP contribution in [0, 0.1) is 0 Å². The molecular weight excluding hydrogens is 152 g/mol. The van der Waals surface area contributed by atoms with Gasteiger partial charge in [0.15, 0.2) is 5.16 Å². The first-order chi connectivity index (χ1) is 4.74. The Bertz CT molecular complexity index is 188. The maximum atomic E-state index is 5.64. The summed E-state index contributed by atoms with van der Waals surface area (Å²) in [5.41, 5.74) is 0. The third kappa shape index (κ3) is 1.48. The van der Waals surface area contributed by atoms with Gasteiger partial charge in [0.1, 0.15) is 5.76 Å². The van der Waals surface area contributed by atoms with Crippen molar-refractivity contribution in [1.29, 1.82) is 0 Å². The summed E-state index contributed by atoms with van der Waals surface area (Å²) in [5, 5.41) is 7.95. The van der Waals surface area contributed by atoms with Crippen molar-refractivity contribution >= 4 is 11.6 Å². The molecule has 1 aliphatic heterocycles. The topological polar surface area (TPSA) is 34.0 Å². The second-order valence-electron chi connectivity index (χ2n) is 2.19. The standard InChI is InChI=1S/C6H9ClN2O/c1-4-3-5(10-2)6(7)9-8-4/h4H,3H2,1-2H3/t4-/m0/s1. The molecule has 0 unspecified atom stereocenters. The highest BCUT2D eigenvalue weighted by atomic mass is 35.5. The van der Waals surface area contributed by atoms with Gasteiger partial charge in [-0.05, 0) is 6.92 Å². The molecule has 1 heterocycles. The Balaban J connectivity index is 2.74.